The molecule has 2 rings (SSSR count). The van der Waals surface area contributed by atoms with E-state index in [-0.39, 0.29) is 12.5 Å². The first-order valence-corrected chi connectivity index (χ1v) is 6.83. The highest BCUT2D eigenvalue weighted by Crippen LogP contribution is 2.17. The third kappa shape index (κ3) is 4.03. The first kappa shape index (κ1) is 15.0. The molecule has 1 amide bonds. The standard InChI is InChI=1S/C16H18N2O3/c1-2-21-16-14(4-3-10-17-16)15(20)18-13-7-5-12(6-8-13)9-11-19/h3-8,10,19H,2,9,11H2,1H3,(H,18,20). The van der Waals surface area contributed by atoms with Gasteiger partial charge in [0.25, 0.3) is 5.91 Å². The predicted molar refractivity (Wildman–Crippen MR) is 80.6 cm³/mol. The maximum Gasteiger partial charge on any atom is 0.261 e. The molecule has 0 aliphatic rings. The maximum absolute atomic E-state index is 12.2. The molecule has 2 aromatic rings. The summed E-state index contributed by atoms with van der Waals surface area (Å²) in [6, 6.07) is 10.7. The minimum atomic E-state index is -0.263. The van der Waals surface area contributed by atoms with Crippen molar-refractivity contribution in [1.29, 1.82) is 0 Å². The second kappa shape index (κ2) is 7.40. The van der Waals surface area contributed by atoms with Crippen molar-refractivity contribution in [1.82, 2.24) is 4.98 Å². The van der Waals surface area contributed by atoms with Gasteiger partial charge in [0, 0.05) is 18.5 Å². The van der Waals surface area contributed by atoms with Gasteiger partial charge in [-0.05, 0) is 43.2 Å². The summed E-state index contributed by atoms with van der Waals surface area (Å²) in [7, 11) is 0. The highest BCUT2D eigenvalue weighted by Gasteiger charge is 2.13. The average Bonchev–Trinajstić information content (AvgIpc) is 2.50. The summed E-state index contributed by atoms with van der Waals surface area (Å²) in [5.74, 6) is 0.0656. The van der Waals surface area contributed by atoms with Gasteiger partial charge < -0.3 is 15.2 Å². The Kier molecular flexibility index (Phi) is 5.29. The van der Waals surface area contributed by atoms with Gasteiger partial charge in [0.2, 0.25) is 5.88 Å². The summed E-state index contributed by atoms with van der Waals surface area (Å²) in [4.78, 5) is 16.3. The molecular formula is C16H18N2O3. The summed E-state index contributed by atoms with van der Waals surface area (Å²) in [5, 5.41) is 11.7. The molecule has 0 spiro atoms. The Morgan fingerprint density at radius 2 is 2.05 bits per heavy atom. The zero-order chi connectivity index (χ0) is 15.1. The van der Waals surface area contributed by atoms with Crippen LogP contribution in [-0.4, -0.2) is 29.2 Å². The normalized spacial score (nSPS) is 10.2. The maximum atomic E-state index is 12.2. The molecule has 0 saturated heterocycles. The van der Waals surface area contributed by atoms with Crippen LogP contribution in [-0.2, 0) is 6.42 Å². The molecule has 0 bridgehead atoms. The first-order valence-electron chi connectivity index (χ1n) is 6.83. The molecule has 0 unspecified atom stereocenters. The van der Waals surface area contributed by atoms with Crippen LogP contribution in [0, 0.1) is 0 Å². The number of benzene rings is 1. The number of hydrogen-bond acceptors (Lipinski definition) is 4. The van der Waals surface area contributed by atoms with Crippen molar-refractivity contribution in [3.05, 3.63) is 53.7 Å². The van der Waals surface area contributed by atoms with E-state index in [0.29, 0.717) is 30.2 Å². The van der Waals surface area contributed by atoms with Gasteiger partial charge in [-0.1, -0.05) is 12.1 Å². The molecule has 0 aliphatic carbocycles. The van der Waals surface area contributed by atoms with Gasteiger partial charge in [-0.3, -0.25) is 4.79 Å². The fourth-order valence-corrected chi connectivity index (χ4v) is 1.90. The van der Waals surface area contributed by atoms with Gasteiger partial charge in [0.15, 0.2) is 0 Å². The van der Waals surface area contributed by atoms with Crippen LogP contribution in [0.15, 0.2) is 42.6 Å². The molecule has 2 N–H and O–H groups in total. The van der Waals surface area contributed by atoms with E-state index in [0.717, 1.165) is 5.56 Å². The van der Waals surface area contributed by atoms with Crippen molar-refractivity contribution < 1.29 is 14.6 Å². The molecule has 0 aliphatic heterocycles. The molecule has 0 saturated carbocycles. The van der Waals surface area contributed by atoms with Crippen LogP contribution in [0.2, 0.25) is 0 Å². The number of rotatable bonds is 6. The average molecular weight is 286 g/mol. The topological polar surface area (TPSA) is 71.5 Å². The zero-order valence-electron chi connectivity index (χ0n) is 11.9. The van der Waals surface area contributed by atoms with Crippen LogP contribution in [0.1, 0.15) is 22.8 Å². The van der Waals surface area contributed by atoms with E-state index in [1.165, 1.54) is 0 Å². The molecule has 0 atom stereocenters. The van der Waals surface area contributed by atoms with Crippen molar-refractivity contribution in [2.75, 3.05) is 18.5 Å². The second-order valence-electron chi connectivity index (χ2n) is 4.41. The van der Waals surface area contributed by atoms with Crippen molar-refractivity contribution in [2.45, 2.75) is 13.3 Å². The minimum Gasteiger partial charge on any atom is -0.477 e. The van der Waals surface area contributed by atoms with Gasteiger partial charge in [0.05, 0.1) is 6.61 Å². The van der Waals surface area contributed by atoms with E-state index in [4.69, 9.17) is 9.84 Å². The van der Waals surface area contributed by atoms with Gasteiger partial charge in [0.1, 0.15) is 5.56 Å². The van der Waals surface area contributed by atoms with Crippen LogP contribution >= 0.6 is 0 Å². The monoisotopic (exact) mass is 286 g/mol. The molecule has 1 aromatic heterocycles. The molecule has 5 heteroatoms. The number of aliphatic hydroxyl groups excluding tert-OH is 1. The van der Waals surface area contributed by atoms with Crippen LogP contribution < -0.4 is 10.1 Å². The Hall–Kier alpha value is -2.40. The van der Waals surface area contributed by atoms with Gasteiger partial charge in [-0.2, -0.15) is 0 Å². The lowest BCUT2D eigenvalue weighted by molar-refractivity contribution is 0.102. The third-order valence-electron chi connectivity index (χ3n) is 2.91. The molecule has 0 fully saturated rings. The Balaban J connectivity index is 2.10. The summed E-state index contributed by atoms with van der Waals surface area (Å²) in [5.41, 5.74) is 2.11. The Labute approximate surface area is 123 Å². The number of carbonyl (C=O) groups excluding carboxylic acids is 1. The summed E-state index contributed by atoms with van der Waals surface area (Å²) >= 11 is 0. The number of nitrogens with one attached hydrogen (secondary N) is 1. The van der Waals surface area contributed by atoms with E-state index in [1.807, 2.05) is 19.1 Å². The number of carbonyl (C=O) groups is 1. The number of pyridine rings is 1. The molecule has 1 heterocycles. The van der Waals surface area contributed by atoms with Crippen molar-refractivity contribution in [3.63, 3.8) is 0 Å². The predicted octanol–water partition coefficient (Wildman–Crippen LogP) is 2.27. The van der Waals surface area contributed by atoms with Crippen LogP contribution in [0.25, 0.3) is 0 Å². The first-order chi connectivity index (χ1) is 10.2. The van der Waals surface area contributed by atoms with Crippen LogP contribution in [0.5, 0.6) is 5.88 Å². The second-order valence-corrected chi connectivity index (χ2v) is 4.41. The summed E-state index contributed by atoms with van der Waals surface area (Å²) in [6.07, 6.45) is 2.19. The minimum absolute atomic E-state index is 0.110. The number of anilines is 1. The number of nitrogens with zero attached hydrogens (tertiary/aromatic N) is 1. The molecule has 5 nitrogen and oxygen atoms in total. The molecule has 21 heavy (non-hydrogen) atoms. The number of hydrogen-bond donors (Lipinski definition) is 2. The van der Waals surface area contributed by atoms with E-state index >= 15 is 0 Å². The smallest absolute Gasteiger partial charge is 0.261 e. The highest BCUT2D eigenvalue weighted by molar-refractivity contribution is 6.05. The van der Waals surface area contributed by atoms with Crippen molar-refractivity contribution in [3.8, 4) is 5.88 Å². The molecular weight excluding hydrogens is 268 g/mol. The molecule has 1 aromatic carbocycles. The fraction of sp³-hybridized carbons (Fsp3) is 0.250. The van der Waals surface area contributed by atoms with E-state index in [9.17, 15) is 4.79 Å². The Morgan fingerprint density at radius 1 is 1.29 bits per heavy atom. The molecule has 110 valence electrons. The highest BCUT2D eigenvalue weighted by atomic mass is 16.5. The Bertz CT molecular complexity index is 597. The van der Waals surface area contributed by atoms with Crippen LogP contribution in [0.3, 0.4) is 0 Å². The number of aliphatic hydroxyl groups is 1. The van der Waals surface area contributed by atoms with Gasteiger partial charge in [-0.15, -0.1) is 0 Å². The lowest BCUT2D eigenvalue weighted by Crippen LogP contribution is -2.14. The van der Waals surface area contributed by atoms with Crippen molar-refractivity contribution in [2.24, 2.45) is 0 Å². The Morgan fingerprint density at radius 3 is 2.71 bits per heavy atom. The summed E-state index contributed by atoms with van der Waals surface area (Å²) < 4.78 is 5.35. The van der Waals surface area contributed by atoms with E-state index in [1.54, 1.807) is 30.5 Å². The fourth-order valence-electron chi connectivity index (χ4n) is 1.90. The lowest BCUT2D eigenvalue weighted by atomic mass is 10.1. The largest absolute Gasteiger partial charge is 0.477 e. The van der Waals surface area contributed by atoms with Gasteiger partial charge in [-0.25, -0.2) is 4.98 Å². The van der Waals surface area contributed by atoms with Crippen LogP contribution in [0.4, 0.5) is 5.69 Å². The van der Waals surface area contributed by atoms with Crippen molar-refractivity contribution >= 4 is 11.6 Å². The van der Waals surface area contributed by atoms with E-state index < -0.39 is 0 Å². The number of amides is 1. The SMILES string of the molecule is CCOc1ncccc1C(=O)Nc1ccc(CCO)cc1. The molecule has 0 radical (unpaired) electrons. The van der Waals surface area contributed by atoms with Gasteiger partial charge >= 0.3 is 0 Å². The third-order valence-corrected chi connectivity index (χ3v) is 2.91. The zero-order valence-corrected chi connectivity index (χ0v) is 11.9. The lowest BCUT2D eigenvalue weighted by Gasteiger charge is -2.09. The number of ether oxygens (including phenoxy) is 1. The summed E-state index contributed by atoms with van der Waals surface area (Å²) in [6.45, 7) is 2.41. The number of aromatic nitrogens is 1. The van der Waals surface area contributed by atoms with E-state index in [2.05, 4.69) is 10.3 Å². The quantitative estimate of drug-likeness (QED) is 0.854.